The summed E-state index contributed by atoms with van der Waals surface area (Å²) in [5.74, 6) is 0.456. The second kappa shape index (κ2) is 6.85. The molecular weight excluding hydrogens is 254 g/mol. The molecule has 0 radical (unpaired) electrons. The molecule has 0 aliphatic heterocycles. The molecule has 6 heteroatoms. The molecular formula is C14H21N5O. The Morgan fingerprint density at radius 2 is 2.10 bits per heavy atom. The molecule has 0 saturated heterocycles. The van der Waals surface area contributed by atoms with Crippen LogP contribution in [0.3, 0.4) is 0 Å². The van der Waals surface area contributed by atoms with Crippen molar-refractivity contribution in [1.82, 2.24) is 14.9 Å². The van der Waals surface area contributed by atoms with Crippen LogP contribution >= 0.6 is 0 Å². The van der Waals surface area contributed by atoms with E-state index in [2.05, 4.69) is 9.97 Å². The normalized spacial score (nSPS) is 10.7. The van der Waals surface area contributed by atoms with Gasteiger partial charge in [-0.3, -0.25) is 4.79 Å². The average Bonchev–Trinajstić information content (AvgIpc) is 2.38. The lowest BCUT2D eigenvalue weighted by atomic mass is 10.2. The van der Waals surface area contributed by atoms with Gasteiger partial charge in [0, 0.05) is 18.5 Å². The highest BCUT2D eigenvalue weighted by Crippen LogP contribution is 2.16. The van der Waals surface area contributed by atoms with Gasteiger partial charge in [-0.25, -0.2) is 9.97 Å². The number of nitrogens with zero attached hydrogens (tertiary/aromatic N) is 4. The lowest BCUT2D eigenvalue weighted by molar-refractivity contribution is 0.0705. The summed E-state index contributed by atoms with van der Waals surface area (Å²) in [7, 11) is 0. The number of anilines is 1. The van der Waals surface area contributed by atoms with Gasteiger partial charge in [0.25, 0.3) is 5.91 Å². The highest BCUT2D eigenvalue weighted by Gasteiger charge is 2.23. The number of hydrogen-bond donors (Lipinski definition) is 1. The molecule has 20 heavy (non-hydrogen) atoms. The van der Waals surface area contributed by atoms with Gasteiger partial charge in [0.05, 0.1) is 24.4 Å². The van der Waals surface area contributed by atoms with Crippen molar-refractivity contribution in [1.29, 1.82) is 5.26 Å². The minimum Gasteiger partial charge on any atom is -0.396 e. The molecule has 0 aromatic carbocycles. The van der Waals surface area contributed by atoms with Crippen molar-refractivity contribution in [3.63, 3.8) is 0 Å². The van der Waals surface area contributed by atoms with Crippen molar-refractivity contribution < 1.29 is 4.79 Å². The first-order valence-electron chi connectivity index (χ1n) is 6.68. The van der Waals surface area contributed by atoms with Crippen molar-refractivity contribution in [2.75, 3.05) is 12.3 Å². The molecule has 1 amide bonds. The lowest BCUT2D eigenvalue weighted by Crippen LogP contribution is -2.38. The molecule has 0 atom stereocenters. The molecule has 0 unspecified atom stereocenters. The average molecular weight is 275 g/mol. The van der Waals surface area contributed by atoms with Crippen LogP contribution in [0.2, 0.25) is 0 Å². The molecule has 0 spiro atoms. The Balaban J connectivity index is 3.11. The lowest BCUT2D eigenvalue weighted by Gasteiger charge is -2.26. The Labute approximate surface area is 119 Å². The van der Waals surface area contributed by atoms with Gasteiger partial charge in [0.15, 0.2) is 5.69 Å². The van der Waals surface area contributed by atoms with Gasteiger partial charge in [0.2, 0.25) is 0 Å². The smallest absolute Gasteiger partial charge is 0.274 e. The Bertz CT molecular complexity index is 519. The summed E-state index contributed by atoms with van der Waals surface area (Å²) in [5.41, 5.74) is 6.30. The standard InChI is InChI=1S/C14H21N5O/c1-9(2)13-17-8-11(16)12(18-13)14(20)19(10(3)4)7-5-6-15/h8-10H,5,7,16H2,1-4H3. The number of hydrogen-bond acceptors (Lipinski definition) is 5. The van der Waals surface area contributed by atoms with Gasteiger partial charge in [-0.2, -0.15) is 5.26 Å². The first kappa shape index (κ1) is 15.9. The first-order chi connectivity index (χ1) is 9.38. The van der Waals surface area contributed by atoms with Crippen molar-refractivity contribution in [2.24, 2.45) is 0 Å². The summed E-state index contributed by atoms with van der Waals surface area (Å²) in [6, 6.07) is 2.03. The number of carbonyl (C=O) groups excluding carboxylic acids is 1. The van der Waals surface area contributed by atoms with Gasteiger partial charge < -0.3 is 10.6 Å². The van der Waals surface area contributed by atoms with E-state index in [1.165, 1.54) is 6.20 Å². The minimum absolute atomic E-state index is 0.0206. The third kappa shape index (κ3) is 3.67. The fraction of sp³-hybridized carbons (Fsp3) is 0.571. The van der Waals surface area contributed by atoms with E-state index in [1.807, 2.05) is 33.8 Å². The molecule has 0 bridgehead atoms. The van der Waals surface area contributed by atoms with Crippen LogP contribution in [0.4, 0.5) is 5.69 Å². The quantitative estimate of drug-likeness (QED) is 0.886. The Hall–Kier alpha value is -2.16. The van der Waals surface area contributed by atoms with Gasteiger partial charge in [0.1, 0.15) is 5.82 Å². The van der Waals surface area contributed by atoms with E-state index in [0.717, 1.165) is 0 Å². The number of carbonyl (C=O) groups is 1. The largest absolute Gasteiger partial charge is 0.396 e. The Morgan fingerprint density at radius 3 is 2.60 bits per heavy atom. The molecule has 1 rings (SSSR count). The SMILES string of the molecule is CC(C)c1ncc(N)c(C(=O)N(CCC#N)C(C)C)n1. The zero-order chi connectivity index (χ0) is 15.3. The number of aromatic nitrogens is 2. The highest BCUT2D eigenvalue weighted by molar-refractivity contribution is 5.97. The van der Waals surface area contributed by atoms with Gasteiger partial charge in [-0.05, 0) is 13.8 Å². The van der Waals surface area contributed by atoms with E-state index in [-0.39, 0.29) is 35.7 Å². The van der Waals surface area contributed by atoms with E-state index >= 15 is 0 Å². The van der Waals surface area contributed by atoms with Crippen LogP contribution in [-0.4, -0.2) is 33.4 Å². The predicted molar refractivity (Wildman–Crippen MR) is 76.9 cm³/mol. The number of nitriles is 1. The number of amides is 1. The third-order valence-corrected chi connectivity index (χ3v) is 2.90. The molecule has 0 fully saturated rings. The summed E-state index contributed by atoms with van der Waals surface area (Å²) in [5, 5.41) is 8.68. The third-order valence-electron chi connectivity index (χ3n) is 2.90. The van der Waals surface area contributed by atoms with Crippen LogP contribution in [-0.2, 0) is 0 Å². The van der Waals surface area contributed by atoms with Crippen LogP contribution in [0.15, 0.2) is 6.20 Å². The van der Waals surface area contributed by atoms with Crippen molar-refractivity contribution >= 4 is 11.6 Å². The van der Waals surface area contributed by atoms with Crippen molar-refractivity contribution in [3.8, 4) is 6.07 Å². The zero-order valence-corrected chi connectivity index (χ0v) is 12.4. The van der Waals surface area contributed by atoms with Crippen LogP contribution < -0.4 is 5.73 Å². The molecule has 0 aliphatic carbocycles. The number of rotatable bonds is 5. The Kier molecular flexibility index (Phi) is 5.44. The fourth-order valence-corrected chi connectivity index (χ4v) is 1.75. The van der Waals surface area contributed by atoms with Crippen LogP contribution in [0.5, 0.6) is 0 Å². The molecule has 1 aromatic rings. The van der Waals surface area contributed by atoms with Gasteiger partial charge in [-0.15, -0.1) is 0 Å². The van der Waals surface area contributed by atoms with Crippen molar-refractivity contribution in [3.05, 3.63) is 17.7 Å². The summed E-state index contributed by atoms with van der Waals surface area (Å²) in [4.78, 5) is 22.5. The molecule has 2 N–H and O–H groups in total. The first-order valence-corrected chi connectivity index (χ1v) is 6.68. The molecule has 6 nitrogen and oxygen atoms in total. The van der Waals surface area contributed by atoms with Gasteiger partial charge >= 0.3 is 0 Å². The van der Waals surface area contributed by atoms with Crippen LogP contribution in [0, 0.1) is 11.3 Å². The van der Waals surface area contributed by atoms with Crippen LogP contribution in [0.1, 0.15) is 56.3 Å². The maximum absolute atomic E-state index is 12.5. The topological polar surface area (TPSA) is 95.9 Å². The maximum atomic E-state index is 12.5. The zero-order valence-electron chi connectivity index (χ0n) is 12.4. The summed E-state index contributed by atoms with van der Waals surface area (Å²) in [6.07, 6.45) is 1.75. The van der Waals surface area contributed by atoms with E-state index in [0.29, 0.717) is 12.4 Å². The predicted octanol–water partition coefficient (Wildman–Crippen LogP) is 1.95. The summed E-state index contributed by atoms with van der Waals surface area (Å²) < 4.78 is 0. The van der Waals surface area contributed by atoms with E-state index in [1.54, 1.807) is 4.90 Å². The molecule has 0 saturated carbocycles. The van der Waals surface area contributed by atoms with E-state index in [9.17, 15) is 4.79 Å². The number of nitrogens with two attached hydrogens (primary N) is 1. The van der Waals surface area contributed by atoms with Crippen LogP contribution in [0.25, 0.3) is 0 Å². The number of nitrogen functional groups attached to an aromatic ring is 1. The maximum Gasteiger partial charge on any atom is 0.274 e. The fourth-order valence-electron chi connectivity index (χ4n) is 1.75. The molecule has 1 aromatic heterocycles. The van der Waals surface area contributed by atoms with E-state index < -0.39 is 0 Å². The summed E-state index contributed by atoms with van der Waals surface area (Å²) >= 11 is 0. The van der Waals surface area contributed by atoms with Crippen molar-refractivity contribution in [2.45, 2.75) is 46.1 Å². The Morgan fingerprint density at radius 1 is 1.45 bits per heavy atom. The molecule has 1 heterocycles. The summed E-state index contributed by atoms with van der Waals surface area (Å²) in [6.45, 7) is 8.07. The highest BCUT2D eigenvalue weighted by atomic mass is 16.2. The second-order valence-corrected chi connectivity index (χ2v) is 5.19. The van der Waals surface area contributed by atoms with Gasteiger partial charge in [-0.1, -0.05) is 13.8 Å². The second-order valence-electron chi connectivity index (χ2n) is 5.19. The van der Waals surface area contributed by atoms with E-state index in [4.69, 9.17) is 11.0 Å². The molecule has 108 valence electrons. The molecule has 0 aliphatic rings. The monoisotopic (exact) mass is 275 g/mol. The minimum atomic E-state index is -0.253.